The Balaban J connectivity index is 1.95. The number of nitrogens with zero attached hydrogens (tertiary/aromatic N) is 2. The van der Waals surface area contributed by atoms with Gasteiger partial charge in [0.05, 0.1) is 11.0 Å². The Hall–Kier alpha value is -1.31. The van der Waals surface area contributed by atoms with Gasteiger partial charge in [0.25, 0.3) is 0 Å². The summed E-state index contributed by atoms with van der Waals surface area (Å²) in [6.45, 7) is 0. The van der Waals surface area contributed by atoms with Crippen molar-refractivity contribution in [2.24, 2.45) is 0 Å². The van der Waals surface area contributed by atoms with Gasteiger partial charge in [0, 0.05) is 12.0 Å². The first kappa shape index (κ1) is 9.69. The van der Waals surface area contributed by atoms with Gasteiger partial charge in [-0.3, -0.25) is 0 Å². The van der Waals surface area contributed by atoms with E-state index >= 15 is 0 Å². The molecule has 2 nitrogen and oxygen atoms in total. The molecule has 0 saturated heterocycles. The van der Waals surface area contributed by atoms with Crippen LogP contribution in [-0.4, -0.2) is 9.55 Å². The van der Waals surface area contributed by atoms with Crippen molar-refractivity contribution >= 4 is 11.0 Å². The number of imidazole rings is 1. The Morgan fingerprint density at radius 1 is 1.00 bits per heavy atom. The van der Waals surface area contributed by atoms with Crippen LogP contribution in [0, 0.1) is 0 Å². The van der Waals surface area contributed by atoms with Crippen molar-refractivity contribution in [2.75, 3.05) is 0 Å². The second-order valence-corrected chi connectivity index (χ2v) is 5.64. The highest BCUT2D eigenvalue weighted by Gasteiger charge is 2.40. The van der Waals surface area contributed by atoms with Crippen molar-refractivity contribution < 1.29 is 0 Å². The molecule has 4 rings (SSSR count). The first-order valence-corrected chi connectivity index (χ1v) is 6.86. The predicted molar refractivity (Wildman–Crippen MR) is 69.1 cm³/mol. The lowest BCUT2D eigenvalue weighted by atomic mass is 9.80. The summed E-state index contributed by atoms with van der Waals surface area (Å²) in [6.07, 6.45) is 9.43. The van der Waals surface area contributed by atoms with E-state index in [0.717, 1.165) is 0 Å². The Bertz CT molecular complexity index is 561. The molecule has 0 N–H and O–H groups in total. The Kier molecular flexibility index (Phi) is 1.91. The summed E-state index contributed by atoms with van der Waals surface area (Å²) < 4.78 is 2.58. The van der Waals surface area contributed by atoms with Gasteiger partial charge in [-0.2, -0.15) is 0 Å². The molecule has 0 bridgehead atoms. The fourth-order valence-electron chi connectivity index (χ4n) is 3.91. The molecule has 0 amide bonds. The van der Waals surface area contributed by atoms with E-state index in [1.165, 1.54) is 61.8 Å². The molecule has 1 spiro atoms. The molecule has 1 aromatic carbocycles. The van der Waals surface area contributed by atoms with Crippen LogP contribution < -0.4 is 0 Å². The molecule has 1 aliphatic carbocycles. The van der Waals surface area contributed by atoms with Crippen molar-refractivity contribution in [3.63, 3.8) is 0 Å². The van der Waals surface area contributed by atoms with E-state index in [-0.39, 0.29) is 0 Å². The zero-order chi connectivity index (χ0) is 11.3. The monoisotopic (exact) mass is 226 g/mol. The second-order valence-electron chi connectivity index (χ2n) is 5.64. The fourth-order valence-corrected chi connectivity index (χ4v) is 3.91. The van der Waals surface area contributed by atoms with Crippen molar-refractivity contribution in [1.82, 2.24) is 9.55 Å². The quantitative estimate of drug-likeness (QED) is 0.670. The third-order valence-corrected chi connectivity index (χ3v) is 4.70. The SMILES string of the molecule is c1ccc2c(c1)nc1n2C2(CCCCC2)CC1. The zero-order valence-corrected chi connectivity index (χ0v) is 10.2. The lowest BCUT2D eigenvalue weighted by molar-refractivity contribution is 0.210. The second kappa shape index (κ2) is 3.34. The minimum absolute atomic E-state index is 0.420. The molecule has 2 aliphatic rings. The predicted octanol–water partition coefficient (Wildman–Crippen LogP) is 3.64. The summed E-state index contributed by atoms with van der Waals surface area (Å²) in [6, 6.07) is 8.63. The molecule has 0 atom stereocenters. The maximum absolute atomic E-state index is 4.81. The first-order chi connectivity index (χ1) is 8.39. The normalized spacial score (nSPS) is 22.1. The highest BCUT2D eigenvalue weighted by Crippen LogP contribution is 2.45. The van der Waals surface area contributed by atoms with Gasteiger partial charge < -0.3 is 4.57 Å². The minimum atomic E-state index is 0.420. The average molecular weight is 226 g/mol. The van der Waals surface area contributed by atoms with Gasteiger partial charge in [0.15, 0.2) is 0 Å². The van der Waals surface area contributed by atoms with Crippen LogP contribution in [0.15, 0.2) is 24.3 Å². The third kappa shape index (κ3) is 1.24. The number of benzene rings is 1. The average Bonchev–Trinajstić information content (AvgIpc) is 2.90. The van der Waals surface area contributed by atoms with Gasteiger partial charge in [-0.15, -0.1) is 0 Å². The minimum Gasteiger partial charge on any atom is -0.322 e. The van der Waals surface area contributed by atoms with Crippen LogP contribution in [0.5, 0.6) is 0 Å². The molecule has 2 aromatic rings. The topological polar surface area (TPSA) is 17.8 Å². The maximum atomic E-state index is 4.81. The summed E-state index contributed by atoms with van der Waals surface area (Å²) in [5.41, 5.74) is 2.97. The molecule has 1 aliphatic heterocycles. The molecular weight excluding hydrogens is 208 g/mol. The molecule has 0 radical (unpaired) electrons. The number of hydrogen-bond donors (Lipinski definition) is 0. The number of fused-ring (bicyclic) bond motifs is 4. The van der Waals surface area contributed by atoms with E-state index in [1.807, 2.05) is 0 Å². The summed E-state index contributed by atoms with van der Waals surface area (Å²) >= 11 is 0. The van der Waals surface area contributed by atoms with Crippen LogP contribution in [0.1, 0.15) is 44.3 Å². The van der Waals surface area contributed by atoms with Crippen molar-refractivity contribution in [3.05, 3.63) is 30.1 Å². The molecule has 2 heteroatoms. The summed E-state index contributed by atoms with van der Waals surface area (Å²) in [5, 5.41) is 0. The highest BCUT2D eigenvalue weighted by molar-refractivity contribution is 5.76. The van der Waals surface area contributed by atoms with Crippen LogP contribution in [0.3, 0.4) is 0 Å². The Labute approximate surface area is 102 Å². The van der Waals surface area contributed by atoms with E-state index in [2.05, 4.69) is 28.8 Å². The van der Waals surface area contributed by atoms with Crippen LogP contribution >= 0.6 is 0 Å². The van der Waals surface area contributed by atoms with Crippen LogP contribution in [0.25, 0.3) is 11.0 Å². The molecule has 88 valence electrons. The largest absolute Gasteiger partial charge is 0.322 e. The Morgan fingerprint density at radius 2 is 1.82 bits per heavy atom. The fraction of sp³-hybridized carbons (Fsp3) is 0.533. The number of aryl methyl sites for hydroxylation is 1. The molecule has 1 saturated carbocycles. The molecule has 2 heterocycles. The standard InChI is InChI=1S/C15H18N2/c1-4-9-15(10-5-1)11-8-14-16-12-6-2-3-7-13(12)17(14)15/h2-3,6-7H,1,4-5,8-11H2. The number of para-hydroxylation sites is 2. The molecular formula is C15H18N2. The van der Waals surface area contributed by atoms with E-state index < -0.39 is 0 Å². The van der Waals surface area contributed by atoms with Gasteiger partial charge in [0.1, 0.15) is 5.82 Å². The zero-order valence-electron chi connectivity index (χ0n) is 10.2. The number of hydrogen-bond acceptors (Lipinski definition) is 1. The lowest BCUT2D eigenvalue weighted by Crippen LogP contribution is -2.32. The summed E-state index contributed by atoms with van der Waals surface area (Å²) in [5.74, 6) is 1.33. The van der Waals surface area contributed by atoms with Crippen molar-refractivity contribution in [2.45, 2.75) is 50.5 Å². The summed E-state index contributed by atoms with van der Waals surface area (Å²) in [4.78, 5) is 4.81. The molecule has 17 heavy (non-hydrogen) atoms. The molecule has 0 unspecified atom stereocenters. The van der Waals surface area contributed by atoms with E-state index in [1.54, 1.807) is 0 Å². The first-order valence-electron chi connectivity index (χ1n) is 6.86. The van der Waals surface area contributed by atoms with E-state index in [0.29, 0.717) is 5.54 Å². The highest BCUT2D eigenvalue weighted by atomic mass is 15.2. The van der Waals surface area contributed by atoms with Gasteiger partial charge in [-0.25, -0.2) is 4.98 Å². The van der Waals surface area contributed by atoms with Crippen LogP contribution in [-0.2, 0) is 12.0 Å². The van der Waals surface area contributed by atoms with Crippen molar-refractivity contribution in [1.29, 1.82) is 0 Å². The lowest BCUT2D eigenvalue weighted by Gasteiger charge is -2.35. The van der Waals surface area contributed by atoms with Crippen molar-refractivity contribution in [3.8, 4) is 0 Å². The number of aromatic nitrogens is 2. The van der Waals surface area contributed by atoms with Crippen LogP contribution in [0.4, 0.5) is 0 Å². The van der Waals surface area contributed by atoms with Gasteiger partial charge in [0.2, 0.25) is 0 Å². The number of rotatable bonds is 0. The molecule has 1 fully saturated rings. The van der Waals surface area contributed by atoms with Crippen LogP contribution in [0.2, 0.25) is 0 Å². The van der Waals surface area contributed by atoms with E-state index in [4.69, 9.17) is 4.98 Å². The maximum Gasteiger partial charge on any atom is 0.110 e. The van der Waals surface area contributed by atoms with Gasteiger partial charge >= 0.3 is 0 Å². The third-order valence-electron chi connectivity index (χ3n) is 4.70. The smallest absolute Gasteiger partial charge is 0.110 e. The van der Waals surface area contributed by atoms with Gasteiger partial charge in [-0.05, 0) is 31.4 Å². The van der Waals surface area contributed by atoms with E-state index in [9.17, 15) is 0 Å². The Morgan fingerprint density at radius 3 is 2.71 bits per heavy atom. The molecule has 1 aromatic heterocycles. The summed E-state index contributed by atoms with van der Waals surface area (Å²) in [7, 11) is 0. The van der Waals surface area contributed by atoms with Gasteiger partial charge in [-0.1, -0.05) is 31.4 Å².